The highest BCUT2D eigenvalue weighted by atomic mass is 16.5. The number of carbonyl (C=O) groups is 1. The molecule has 0 fully saturated rings. The molecule has 2 N–H and O–H groups in total. The highest BCUT2D eigenvalue weighted by molar-refractivity contribution is 6.00. The number of ketones is 1. The largest absolute Gasteiger partial charge is 0.491 e. The van der Waals surface area contributed by atoms with Gasteiger partial charge in [-0.25, -0.2) is 0 Å². The lowest BCUT2D eigenvalue weighted by molar-refractivity contribution is 0.0940. The Morgan fingerprint density at radius 2 is 1.88 bits per heavy atom. The summed E-state index contributed by atoms with van der Waals surface area (Å²) in [5.41, 5.74) is 6.47. The smallest absolute Gasteiger partial charge is 0.179 e. The maximum Gasteiger partial charge on any atom is 0.179 e. The lowest BCUT2D eigenvalue weighted by Gasteiger charge is -2.15. The van der Waals surface area contributed by atoms with E-state index in [0.29, 0.717) is 11.3 Å². The minimum Gasteiger partial charge on any atom is -0.491 e. The van der Waals surface area contributed by atoms with E-state index in [0.717, 1.165) is 0 Å². The van der Waals surface area contributed by atoms with Crippen LogP contribution < -0.4 is 10.5 Å². The summed E-state index contributed by atoms with van der Waals surface area (Å²) in [4.78, 5) is 12.0. The number of nitrogens with two attached hydrogens (primary N) is 1. The minimum absolute atomic E-state index is 0.0331. The van der Waals surface area contributed by atoms with Gasteiger partial charge < -0.3 is 10.5 Å². The second kappa shape index (κ2) is 5.82. The van der Waals surface area contributed by atoms with Crippen LogP contribution in [0.2, 0.25) is 0 Å². The van der Waals surface area contributed by atoms with Gasteiger partial charge in [-0.3, -0.25) is 4.79 Å². The predicted octanol–water partition coefficient (Wildman–Crippen LogP) is 2.64. The Labute approximate surface area is 103 Å². The Morgan fingerprint density at radius 1 is 1.24 bits per heavy atom. The molecule has 0 aliphatic rings. The summed E-state index contributed by atoms with van der Waals surface area (Å²) in [6.45, 7) is 7.79. The highest BCUT2D eigenvalue weighted by Crippen LogP contribution is 2.17. The normalized spacial score (nSPS) is 12.9. The third-order valence-corrected chi connectivity index (χ3v) is 2.51. The molecule has 1 aromatic carbocycles. The summed E-state index contributed by atoms with van der Waals surface area (Å²) in [7, 11) is 0. The van der Waals surface area contributed by atoms with Crippen LogP contribution in [0.3, 0.4) is 0 Å². The summed E-state index contributed by atoms with van der Waals surface area (Å²) in [5.74, 6) is 0.813. The fourth-order valence-electron chi connectivity index (χ4n) is 1.49. The van der Waals surface area contributed by atoms with Gasteiger partial charge in [-0.15, -0.1) is 0 Å². The molecule has 0 aliphatic carbocycles. The second-order valence-electron chi connectivity index (χ2n) is 4.83. The van der Waals surface area contributed by atoms with E-state index in [1.165, 1.54) is 0 Å². The second-order valence-corrected chi connectivity index (χ2v) is 4.83. The van der Waals surface area contributed by atoms with E-state index < -0.39 is 6.04 Å². The Morgan fingerprint density at radius 3 is 2.41 bits per heavy atom. The summed E-state index contributed by atoms with van der Waals surface area (Å²) in [5, 5.41) is 0. The monoisotopic (exact) mass is 235 g/mol. The topological polar surface area (TPSA) is 52.3 Å². The number of ether oxygens (including phenoxy) is 1. The van der Waals surface area contributed by atoms with Crippen molar-refractivity contribution in [3.8, 4) is 5.75 Å². The van der Waals surface area contributed by atoms with Gasteiger partial charge in [0.1, 0.15) is 5.75 Å². The average molecular weight is 235 g/mol. The molecule has 0 saturated carbocycles. The van der Waals surface area contributed by atoms with Crippen LogP contribution in [0.15, 0.2) is 24.3 Å². The first-order chi connectivity index (χ1) is 7.91. The van der Waals surface area contributed by atoms with E-state index in [1.54, 1.807) is 12.1 Å². The molecular formula is C14H21NO2. The van der Waals surface area contributed by atoms with Crippen molar-refractivity contribution in [2.75, 3.05) is 0 Å². The van der Waals surface area contributed by atoms with Crippen LogP contribution in [-0.2, 0) is 0 Å². The van der Waals surface area contributed by atoms with E-state index in [4.69, 9.17) is 10.5 Å². The molecule has 1 rings (SSSR count). The SMILES string of the molecule is CC(C)Oc1cccc(C(=O)C(N)C(C)C)c1. The number of benzene rings is 1. The summed E-state index contributed by atoms with van der Waals surface area (Å²) in [6.07, 6.45) is 0.0964. The van der Waals surface area contributed by atoms with Crippen LogP contribution in [0, 0.1) is 5.92 Å². The predicted molar refractivity (Wildman–Crippen MR) is 69.3 cm³/mol. The van der Waals surface area contributed by atoms with Crippen molar-refractivity contribution in [3.63, 3.8) is 0 Å². The third-order valence-electron chi connectivity index (χ3n) is 2.51. The van der Waals surface area contributed by atoms with E-state index in [1.807, 2.05) is 39.8 Å². The first-order valence-corrected chi connectivity index (χ1v) is 5.98. The maximum atomic E-state index is 12.0. The Balaban J connectivity index is 2.88. The minimum atomic E-state index is -0.454. The fraction of sp³-hybridized carbons (Fsp3) is 0.500. The van der Waals surface area contributed by atoms with Gasteiger partial charge in [0.15, 0.2) is 5.78 Å². The van der Waals surface area contributed by atoms with Crippen LogP contribution in [0.4, 0.5) is 0 Å². The van der Waals surface area contributed by atoms with Crippen LogP contribution in [0.1, 0.15) is 38.1 Å². The standard InChI is InChI=1S/C14H21NO2/c1-9(2)13(15)14(16)11-6-5-7-12(8-11)17-10(3)4/h5-10,13H,15H2,1-4H3. The van der Waals surface area contributed by atoms with Crippen LogP contribution in [-0.4, -0.2) is 17.9 Å². The van der Waals surface area contributed by atoms with Crippen molar-refractivity contribution < 1.29 is 9.53 Å². The van der Waals surface area contributed by atoms with Gasteiger partial charge in [0, 0.05) is 5.56 Å². The molecule has 17 heavy (non-hydrogen) atoms. The average Bonchev–Trinajstić information content (AvgIpc) is 2.26. The van der Waals surface area contributed by atoms with Gasteiger partial charge in [0.2, 0.25) is 0 Å². The summed E-state index contributed by atoms with van der Waals surface area (Å²) in [6, 6.07) is 6.74. The van der Waals surface area contributed by atoms with E-state index in [9.17, 15) is 4.79 Å². The number of Topliss-reactive ketones (excluding diaryl/α,β-unsaturated/α-hetero) is 1. The fourth-order valence-corrected chi connectivity index (χ4v) is 1.49. The number of rotatable bonds is 5. The van der Waals surface area contributed by atoms with Gasteiger partial charge in [0.25, 0.3) is 0 Å². The Hall–Kier alpha value is -1.35. The molecule has 0 bridgehead atoms. The van der Waals surface area contributed by atoms with E-state index in [-0.39, 0.29) is 17.8 Å². The molecule has 1 atom stereocenters. The van der Waals surface area contributed by atoms with Crippen LogP contribution in [0.25, 0.3) is 0 Å². The van der Waals surface area contributed by atoms with Gasteiger partial charge in [0.05, 0.1) is 12.1 Å². The van der Waals surface area contributed by atoms with Crippen molar-refractivity contribution in [3.05, 3.63) is 29.8 Å². The quantitative estimate of drug-likeness (QED) is 0.798. The molecule has 0 saturated heterocycles. The molecule has 1 aromatic rings. The molecule has 0 spiro atoms. The number of carbonyl (C=O) groups excluding carboxylic acids is 1. The third kappa shape index (κ3) is 3.86. The Kier molecular flexibility index (Phi) is 4.70. The van der Waals surface area contributed by atoms with Crippen molar-refractivity contribution in [2.45, 2.75) is 39.8 Å². The molecule has 0 heterocycles. The van der Waals surface area contributed by atoms with E-state index >= 15 is 0 Å². The number of hydrogen-bond donors (Lipinski definition) is 1. The number of hydrogen-bond acceptors (Lipinski definition) is 3. The molecule has 3 nitrogen and oxygen atoms in total. The molecule has 1 unspecified atom stereocenters. The molecule has 0 amide bonds. The van der Waals surface area contributed by atoms with Crippen molar-refractivity contribution >= 4 is 5.78 Å². The summed E-state index contributed by atoms with van der Waals surface area (Å²) < 4.78 is 5.55. The highest BCUT2D eigenvalue weighted by Gasteiger charge is 2.19. The first kappa shape index (κ1) is 13.7. The van der Waals surface area contributed by atoms with E-state index in [2.05, 4.69) is 0 Å². The van der Waals surface area contributed by atoms with Gasteiger partial charge in [-0.1, -0.05) is 26.0 Å². The lowest BCUT2D eigenvalue weighted by Crippen LogP contribution is -2.35. The molecule has 94 valence electrons. The Bertz CT molecular complexity index is 386. The molecule has 0 radical (unpaired) electrons. The summed E-state index contributed by atoms with van der Waals surface area (Å²) >= 11 is 0. The molecule has 0 aromatic heterocycles. The van der Waals surface area contributed by atoms with Gasteiger partial charge in [-0.05, 0) is 31.9 Å². The van der Waals surface area contributed by atoms with Crippen molar-refractivity contribution in [1.82, 2.24) is 0 Å². The van der Waals surface area contributed by atoms with Crippen LogP contribution in [0.5, 0.6) is 5.75 Å². The van der Waals surface area contributed by atoms with Gasteiger partial charge in [-0.2, -0.15) is 0 Å². The lowest BCUT2D eigenvalue weighted by atomic mass is 9.96. The zero-order chi connectivity index (χ0) is 13.0. The van der Waals surface area contributed by atoms with Gasteiger partial charge >= 0.3 is 0 Å². The first-order valence-electron chi connectivity index (χ1n) is 5.98. The van der Waals surface area contributed by atoms with Crippen molar-refractivity contribution in [1.29, 1.82) is 0 Å². The van der Waals surface area contributed by atoms with Crippen LogP contribution >= 0.6 is 0 Å². The molecule has 3 heteroatoms. The molecule has 0 aliphatic heterocycles. The van der Waals surface area contributed by atoms with Crippen molar-refractivity contribution in [2.24, 2.45) is 11.7 Å². The maximum absolute atomic E-state index is 12.0. The zero-order valence-corrected chi connectivity index (χ0v) is 10.9. The zero-order valence-electron chi connectivity index (χ0n) is 10.9. The molecular weight excluding hydrogens is 214 g/mol.